The number of hydrogen-bond acceptors (Lipinski definition) is 6. The predicted octanol–water partition coefficient (Wildman–Crippen LogP) is 4.05. The molecular weight excluding hydrogens is 469 g/mol. The molecule has 0 radical (unpaired) electrons. The van der Waals surface area contributed by atoms with E-state index in [1.807, 2.05) is 0 Å². The minimum Gasteiger partial charge on any atom is -0.475 e. The number of halogens is 3. The molecular formula is C23H27F3N4O3S. The molecule has 1 amide bonds. The Kier molecular flexibility index (Phi) is 6.57. The summed E-state index contributed by atoms with van der Waals surface area (Å²) >= 11 is 5.54. The van der Waals surface area contributed by atoms with Crippen molar-refractivity contribution in [1.29, 1.82) is 0 Å². The normalized spacial score (nSPS) is 16.4. The number of amides is 1. The van der Waals surface area contributed by atoms with E-state index in [-0.39, 0.29) is 24.0 Å². The van der Waals surface area contributed by atoms with E-state index in [0.29, 0.717) is 11.6 Å². The van der Waals surface area contributed by atoms with Gasteiger partial charge in [-0.15, -0.1) is 0 Å². The molecule has 0 spiro atoms. The number of aromatic nitrogens is 1. The molecule has 3 rings (SSSR count). The van der Waals surface area contributed by atoms with Crippen LogP contribution in [-0.4, -0.2) is 43.8 Å². The lowest BCUT2D eigenvalue weighted by molar-refractivity contribution is -0.137. The summed E-state index contributed by atoms with van der Waals surface area (Å²) in [4.78, 5) is 20.4. The maximum atomic E-state index is 13.4. The van der Waals surface area contributed by atoms with Gasteiger partial charge in [0, 0.05) is 24.0 Å². The monoisotopic (exact) mass is 496 g/mol. The fraction of sp³-hybridized carbons (Fsp3) is 0.435. The first-order valence-electron chi connectivity index (χ1n) is 10.5. The van der Waals surface area contributed by atoms with Gasteiger partial charge < -0.3 is 20.5 Å². The van der Waals surface area contributed by atoms with Crippen LogP contribution in [0.2, 0.25) is 0 Å². The van der Waals surface area contributed by atoms with Crippen LogP contribution in [-0.2, 0) is 17.5 Å². The van der Waals surface area contributed by atoms with Crippen LogP contribution in [0.1, 0.15) is 44.5 Å². The molecule has 1 aromatic carbocycles. The minimum atomic E-state index is -4.67. The first-order valence-corrected chi connectivity index (χ1v) is 10.9. The number of pyridine rings is 1. The second kappa shape index (κ2) is 8.70. The highest BCUT2D eigenvalue weighted by Crippen LogP contribution is 2.39. The fourth-order valence-electron chi connectivity index (χ4n) is 3.49. The van der Waals surface area contributed by atoms with Crippen LogP contribution in [0.4, 0.5) is 24.5 Å². The number of alkyl halides is 3. The number of aryl methyl sites for hydroxylation is 1. The number of rotatable bonds is 6. The number of thiocarbonyl (C=S) groups is 1. The molecule has 184 valence electrons. The van der Waals surface area contributed by atoms with Gasteiger partial charge in [-0.3, -0.25) is 9.69 Å². The van der Waals surface area contributed by atoms with Gasteiger partial charge >= 0.3 is 6.18 Å². The molecule has 11 heteroatoms. The summed E-state index contributed by atoms with van der Waals surface area (Å²) in [7, 11) is 0. The Balaban J connectivity index is 1.89. The highest BCUT2D eigenvalue weighted by molar-refractivity contribution is 7.80. The zero-order chi connectivity index (χ0) is 25.6. The number of nitrogen functional groups attached to an aromatic ring is 1. The van der Waals surface area contributed by atoms with E-state index in [1.54, 1.807) is 51.7 Å². The summed E-state index contributed by atoms with van der Waals surface area (Å²) in [6.07, 6.45) is -4.67. The molecule has 0 aliphatic carbocycles. The molecule has 0 saturated carbocycles. The average molecular weight is 497 g/mol. The van der Waals surface area contributed by atoms with Crippen molar-refractivity contribution in [2.75, 3.05) is 17.2 Å². The summed E-state index contributed by atoms with van der Waals surface area (Å²) in [5.41, 5.74) is 3.30. The first kappa shape index (κ1) is 25.7. The van der Waals surface area contributed by atoms with E-state index in [4.69, 9.17) is 22.7 Å². The van der Waals surface area contributed by atoms with E-state index in [0.717, 1.165) is 22.6 Å². The molecule has 3 N–H and O–H groups in total. The molecule has 2 aromatic rings. The Morgan fingerprint density at radius 3 is 2.41 bits per heavy atom. The zero-order valence-corrected chi connectivity index (χ0v) is 20.3. The van der Waals surface area contributed by atoms with Crippen LogP contribution in [0.15, 0.2) is 30.3 Å². The van der Waals surface area contributed by atoms with Crippen molar-refractivity contribution < 1.29 is 27.8 Å². The maximum absolute atomic E-state index is 13.4. The van der Waals surface area contributed by atoms with Crippen LogP contribution in [0.25, 0.3) is 0 Å². The Morgan fingerprint density at radius 1 is 1.21 bits per heavy atom. The molecule has 1 saturated heterocycles. The summed E-state index contributed by atoms with van der Waals surface area (Å²) in [5, 5.41) is 9.90. The van der Waals surface area contributed by atoms with Gasteiger partial charge in [-0.25, -0.2) is 4.98 Å². The summed E-state index contributed by atoms with van der Waals surface area (Å²) in [6.45, 7) is 8.60. The quantitative estimate of drug-likeness (QED) is 0.460. The number of carbonyl (C=O) groups is 1. The van der Waals surface area contributed by atoms with Crippen molar-refractivity contribution in [3.63, 3.8) is 0 Å². The van der Waals surface area contributed by atoms with Crippen molar-refractivity contribution in [3.8, 4) is 5.88 Å². The van der Waals surface area contributed by atoms with Crippen LogP contribution < -0.4 is 15.4 Å². The Hall–Kier alpha value is -2.92. The highest BCUT2D eigenvalue weighted by atomic mass is 32.1. The number of aliphatic hydroxyl groups is 1. The van der Waals surface area contributed by atoms with Gasteiger partial charge in [-0.1, -0.05) is 6.07 Å². The van der Waals surface area contributed by atoms with Crippen molar-refractivity contribution in [2.24, 2.45) is 0 Å². The smallest absolute Gasteiger partial charge is 0.418 e. The molecule has 1 fully saturated rings. The van der Waals surface area contributed by atoms with Gasteiger partial charge in [0.2, 0.25) is 5.88 Å². The third kappa shape index (κ3) is 5.10. The number of nitrogens with zero attached hydrogens (tertiary/aromatic N) is 3. The van der Waals surface area contributed by atoms with Gasteiger partial charge in [-0.05, 0) is 70.6 Å². The standard InChI is InChI=1S/C23H27F3N4O3S/c1-13-14(6-9-18(28-13)33-12-21(2,3)32)11-29-20(34)30(19(31)22(29,4)5)15-7-8-17(27)16(10-15)23(24,25)26/h6-10,32H,11-12,27H2,1-5H3. The second-order valence-corrected chi connectivity index (χ2v) is 9.70. The molecule has 7 nitrogen and oxygen atoms in total. The fourth-order valence-corrected chi connectivity index (χ4v) is 3.97. The molecule has 1 aromatic heterocycles. The van der Waals surface area contributed by atoms with Crippen LogP contribution in [0.5, 0.6) is 5.88 Å². The topological polar surface area (TPSA) is 91.9 Å². The third-order valence-electron chi connectivity index (χ3n) is 5.50. The minimum absolute atomic E-state index is 0.00249. The van der Waals surface area contributed by atoms with Crippen LogP contribution in [0, 0.1) is 6.92 Å². The Labute approximate surface area is 201 Å². The van der Waals surface area contributed by atoms with E-state index in [1.165, 1.54) is 6.07 Å². The van der Waals surface area contributed by atoms with Crippen molar-refractivity contribution in [1.82, 2.24) is 9.88 Å². The molecule has 1 aliphatic rings. The lowest BCUT2D eigenvalue weighted by Crippen LogP contribution is -2.43. The molecule has 1 aliphatic heterocycles. The van der Waals surface area contributed by atoms with E-state index in [2.05, 4.69) is 4.98 Å². The number of nitrogens with two attached hydrogens (primary N) is 1. The van der Waals surface area contributed by atoms with E-state index in [9.17, 15) is 23.1 Å². The van der Waals surface area contributed by atoms with E-state index >= 15 is 0 Å². The zero-order valence-electron chi connectivity index (χ0n) is 19.5. The van der Waals surface area contributed by atoms with Crippen molar-refractivity contribution >= 4 is 34.6 Å². The van der Waals surface area contributed by atoms with Gasteiger partial charge in [0.1, 0.15) is 12.1 Å². The number of benzene rings is 1. The molecule has 0 atom stereocenters. The highest BCUT2D eigenvalue weighted by Gasteiger charge is 2.50. The van der Waals surface area contributed by atoms with Crippen LogP contribution in [0.3, 0.4) is 0 Å². The molecule has 0 bridgehead atoms. The maximum Gasteiger partial charge on any atom is 0.418 e. The van der Waals surface area contributed by atoms with Gasteiger partial charge in [-0.2, -0.15) is 13.2 Å². The average Bonchev–Trinajstić information content (AvgIpc) is 2.86. The van der Waals surface area contributed by atoms with Gasteiger partial charge in [0.05, 0.1) is 16.9 Å². The summed E-state index contributed by atoms with van der Waals surface area (Å²) < 4.78 is 45.6. The molecule has 2 heterocycles. The second-order valence-electron chi connectivity index (χ2n) is 9.33. The van der Waals surface area contributed by atoms with Crippen molar-refractivity contribution in [3.05, 3.63) is 47.2 Å². The predicted molar refractivity (Wildman–Crippen MR) is 126 cm³/mol. The first-order chi connectivity index (χ1) is 15.5. The van der Waals surface area contributed by atoms with Gasteiger partial charge in [0.15, 0.2) is 5.11 Å². The number of anilines is 2. The lowest BCUT2D eigenvalue weighted by Gasteiger charge is -2.30. The number of carbonyl (C=O) groups excluding carboxylic acids is 1. The Bertz CT molecular complexity index is 1130. The molecule has 0 unspecified atom stereocenters. The summed E-state index contributed by atoms with van der Waals surface area (Å²) in [5.74, 6) is -0.114. The molecule has 34 heavy (non-hydrogen) atoms. The van der Waals surface area contributed by atoms with Crippen LogP contribution >= 0.6 is 12.2 Å². The SMILES string of the molecule is Cc1nc(OCC(C)(C)O)ccc1CN1C(=S)N(c2ccc(N)c(C(F)(F)F)c2)C(=O)C1(C)C. The lowest BCUT2D eigenvalue weighted by atomic mass is 10.0. The third-order valence-corrected chi connectivity index (χ3v) is 5.90. The van der Waals surface area contributed by atoms with E-state index < -0.39 is 34.5 Å². The summed E-state index contributed by atoms with van der Waals surface area (Å²) in [6, 6.07) is 6.72. The van der Waals surface area contributed by atoms with Gasteiger partial charge in [0.25, 0.3) is 5.91 Å². The largest absolute Gasteiger partial charge is 0.475 e. The number of hydrogen-bond donors (Lipinski definition) is 2. The Morgan fingerprint density at radius 2 is 1.85 bits per heavy atom. The van der Waals surface area contributed by atoms with Crippen molar-refractivity contribution in [2.45, 2.75) is 58.5 Å². The number of ether oxygens (including phenoxy) is 1.